The third kappa shape index (κ3) is 9.02. The quantitative estimate of drug-likeness (QED) is 0.174. The van der Waals surface area contributed by atoms with Crippen molar-refractivity contribution < 1.29 is 44.1 Å². The lowest BCUT2D eigenvalue weighted by atomic mass is 10.0. The second-order valence-electron chi connectivity index (χ2n) is 6.87. The van der Waals surface area contributed by atoms with Crippen LogP contribution in [0, 0.1) is 0 Å². The second kappa shape index (κ2) is 12.7. The molecule has 3 atom stereocenters. The molecule has 180 valence electrons. The van der Waals surface area contributed by atoms with Crippen LogP contribution in [0.5, 0.6) is 0 Å². The summed E-state index contributed by atoms with van der Waals surface area (Å²) in [7, 11) is 0. The van der Waals surface area contributed by atoms with E-state index in [1.807, 2.05) is 0 Å². The van der Waals surface area contributed by atoms with Gasteiger partial charge in [-0.15, -0.1) is 0 Å². The van der Waals surface area contributed by atoms with Crippen LogP contribution < -0.4 is 16.0 Å². The SMILES string of the molecule is CC(S)CC(NC(=O)c1cc(C(=O)NCC(=O)O)cc(C(=O)NC(CS)C(=O)O)c1)C(=O)O. The molecule has 0 saturated heterocycles. The van der Waals surface area contributed by atoms with E-state index in [-0.39, 0.29) is 34.1 Å². The summed E-state index contributed by atoms with van der Waals surface area (Å²) in [4.78, 5) is 70.8. The number of hydrogen-bond donors (Lipinski definition) is 8. The van der Waals surface area contributed by atoms with Gasteiger partial charge < -0.3 is 31.3 Å². The first-order chi connectivity index (χ1) is 15.3. The number of benzene rings is 1. The van der Waals surface area contributed by atoms with E-state index in [0.717, 1.165) is 18.2 Å². The molecule has 0 fully saturated rings. The zero-order valence-electron chi connectivity index (χ0n) is 17.3. The van der Waals surface area contributed by atoms with Crippen molar-refractivity contribution in [2.45, 2.75) is 30.7 Å². The molecule has 0 saturated carbocycles. The van der Waals surface area contributed by atoms with E-state index >= 15 is 0 Å². The molecule has 0 spiro atoms. The number of carbonyl (C=O) groups is 6. The van der Waals surface area contributed by atoms with Gasteiger partial charge in [-0.05, 0) is 24.6 Å². The molecule has 0 radical (unpaired) electrons. The molecule has 33 heavy (non-hydrogen) atoms. The van der Waals surface area contributed by atoms with E-state index in [4.69, 9.17) is 10.2 Å². The third-order valence-corrected chi connectivity index (χ3v) is 4.66. The fourth-order valence-electron chi connectivity index (χ4n) is 2.51. The lowest BCUT2D eigenvalue weighted by Crippen LogP contribution is -2.43. The molecule has 6 N–H and O–H groups in total. The van der Waals surface area contributed by atoms with Crippen LogP contribution in [0.25, 0.3) is 0 Å². The zero-order valence-corrected chi connectivity index (χ0v) is 19.1. The Morgan fingerprint density at radius 3 is 1.61 bits per heavy atom. The number of carbonyl (C=O) groups excluding carboxylic acids is 3. The molecule has 0 bridgehead atoms. The molecule has 12 nitrogen and oxygen atoms in total. The van der Waals surface area contributed by atoms with Crippen LogP contribution in [0.2, 0.25) is 0 Å². The summed E-state index contributed by atoms with van der Waals surface area (Å²) in [5, 5.41) is 33.3. The highest BCUT2D eigenvalue weighted by atomic mass is 32.1. The number of nitrogens with one attached hydrogen (secondary N) is 3. The molecule has 1 aromatic rings. The fourth-order valence-corrected chi connectivity index (χ4v) is 2.97. The van der Waals surface area contributed by atoms with E-state index in [2.05, 4.69) is 41.2 Å². The standard InChI is InChI=1S/C19H23N3O9S2/c1-8(33)2-12(18(28)29)21-16(26)10-3-9(15(25)20-6-14(23)24)4-11(5-10)17(27)22-13(7-32)19(30)31/h3-5,8,12-13,32-33H,2,6-7H2,1H3,(H,20,25)(H,21,26)(H,22,27)(H,23,24)(H,28,29)(H,30,31). The summed E-state index contributed by atoms with van der Waals surface area (Å²) in [5.41, 5.74) is -0.842. The van der Waals surface area contributed by atoms with Gasteiger partial charge in [0, 0.05) is 27.7 Å². The zero-order chi connectivity index (χ0) is 25.3. The van der Waals surface area contributed by atoms with Gasteiger partial charge in [0.25, 0.3) is 17.7 Å². The Hall–Kier alpha value is -3.26. The minimum absolute atomic E-state index is 0.0153. The van der Waals surface area contributed by atoms with Crippen LogP contribution in [-0.2, 0) is 14.4 Å². The molecule has 0 aromatic heterocycles. The van der Waals surface area contributed by atoms with Crippen molar-refractivity contribution in [1.29, 1.82) is 0 Å². The summed E-state index contributed by atoms with van der Waals surface area (Å²) in [6.45, 7) is 0.889. The van der Waals surface area contributed by atoms with Gasteiger partial charge in [-0.2, -0.15) is 25.3 Å². The summed E-state index contributed by atoms with van der Waals surface area (Å²) in [5.74, 6) is -7.07. The molecule has 0 aliphatic carbocycles. The smallest absolute Gasteiger partial charge is 0.327 e. The number of carboxylic acids is 3. The lowest BCUT2D eigenvalue weighted by molar-refractivity contribution is -0.140. The summed E-state index contributed by atoms with van der Waals surface area (Å²) < 4.78 is 0. The Labute approximate surface area is 198 Å². The van der Waals surface area contributed by atoms with Crippen molar-refractivity contribution >= 4 is 60.9 Å². The third-order valence-electron chi connectivity index (χ3n) is 4.09. The Morgan fingerprint density at radius 2 is 1.24 bits per heavy atom. The van der Waals surface area contributed by atoms with E-state index < -0.39 is 54.3 Å². The topological polar surface area (TPSA) is 199 Å². The van der Waals surface area contributed by atoms with Crippen molar-refractivity contribution in [2.75, 3.05) is 12.3 Å². The highest BCUT2D eigenvalue weighted by Gasteiger charge is 2.25. The number of rotatable bonds is 12. The van der Waals surface area contributed by atoms with Gasteiger partial charge in [0.2, 0.25) is 0 Å². The van der Waals surface area contributed by atoms with Crippen LogP contribution in [0.15, 0.2) is 18.2 Å². The normalized spacial score (nSPS) is 13.2. The van der Waals surface area contributed by atoms with E-state index in [1.54, 1.807) is 6.92 Å². The van der Waals surface area contributed by atoms with Crippen LogP contribution >= 0.6 is 25.3 Å². The summed E-state index contributed by atoms with van der Waals surface area (Å²) in [6.07, 6.45) is -0.0153. The van der Waals surface area contributed by atoms with Gasteiger partial charge in [0.15, 0.2) is 0 Å². The second-order valence-corrected chi connectivity index (χ2v) is 8.12. The first-order valence-corrected chi connectivity index (χ1v) is 10.5. The van der Waals surface area contributed by atoms with Crippen molar-refractivity contribution in [3.05, 3.63) is 34.9 Å². The van der Waals surface area contributed by atoms with Gasteiger partial charge in [0.1, 0.15) is 18.6 Å². The Morgan fingerprint density at radius 1 is 0.818 bits per heavy atom. The van der Waals surface area contributed by atoms with E-state index in [1.165, 1.54) is 0 Å². The Kier molecular flexibility index (Phi) is 10.7. The molecule has 0 aliphatic heterocycles. The summed E-state index contributed by atoms with van der Waals surface area (Å²) >= 11 is 7.94. The molecule has 3 amide bonds. The van der Waals surface area contributed by atoms with Crippen molar-refractivity contribution in [3.8, 4) is 0 Å². The summed E-state index contributed by atoms with van der Waals surface area (Å²) in [6, 6.07) is 0.437. The van der Waals surface area contributed by atoms with E-state index in [9.17, 15) is 33.9 Å². The van der Waals surface area contributed by atoms with Gasteiger partial charge >= 0.3 is 17.9 Å². The molecule has 0 aliphatic rings. The predicted molar refractivity (Wildman–Crippen MR) is 121 cm³/mol. The molecule has 14 heteroatoms. The monoisotopic (exact) mass is 501 g/mol. The molecule has 0 heterocycles. The Bertz CT molecular complexity index is 952. The molecular weight excluding hydrogens is 478 g/mol. The molecule has 1 rings (SSSR count). The maximum atomic E-state index is 12.7. The van der Waals surface area contributed by atoms with Crippen LogP contribution in [0.3, 0.4) is 0 Å². The molecular formula is C19H23N3O9S2. The molecule has 3 unspecified atom stereocenters. The predicted octanol–water partition coefficient (Wildman–Crippen LogP) is -0.495. The minimum atomic E-state index is -1.36. The van der Waals surface area contributed by atoms with Gasteiger partial charge in [0.05, 0.1) is 0 Å². The number of hydrogen-bond acceptors (Lipinski definition) is 8. The number of amides is 3. The van der Waals surface area contributed by atoms with E-state index in [0.29, 0.717) is 0 Å². The van der Waals surface area contributed by atoms with Crippen LogP contribution in [0.1, 0.15) is 44.4 Å². The highest BCUT2D eigenvalue weighted by Crippen LogP contribution is 2.13. The van der Waals surface area contributed by atoms with Crippen molar-refractivity contribution in [3.63, 3.8) is 0 Å². The van der Waals surface area contributed by atoms with Gasteiger partial charge in [-0.25, -0.2) is 9.59 Å². The average molecular weight is 502 g/mol. The van der Waals surface area contributed by atoms with Gasteiger partial charge in [-0.1, -0.05) is 6.92 Å². The first kappa shape index (κ1) is 27.8. The van der Waals surface area contributed by atoms with Crippen molar-refractivity contribution in [1.82, 2.24) is 16.0 Å². The largest absolute Gasteiger partial charge is 0.480 e. The number of aliphatic carboxylic acids is 3. The Balaban J connectivity index is 3.34. The van der Waals surface area contributed by atoms with Gasteiger partial charge in [-0.3, -0.25) is 19.2 Å². The first-order valence-electron chi connectivity index (χ1n) is 9.37. The van der Waals surface area contributed by atoms with Crippen LogP contribution in [-0.4, -0.2) is 80.6 Å². The maximum absolute atomic E-state index is 12.7. The number of thiol groups is 2. The molecule has 1 aromatic carbocycles. The lowest BCUT2D eigenvalue weighted by Gasteiger charge is -2.17. The fraction of sp³-hybridized carbons (Fsp3) is 0.368. The number of carboxylic acid groups (broad SMARTS) is 3. The maximum Gasteiger partial charge on any atom is 0.327 e. The highest BCUT2D eigenvalue weighted by molar-refractivity contribution is 7.80. The minimum Gasteiger partial charge on any atom is -0.480 e. The average Bonchev–Trinajstić information content (AvgIpc) is 2.73. The van der Waals surface area contributed by atoms with Crippen molar-refractivity contribution in [2.24, 2.45) is 0 Å². The van der Waals surface area contributed by atoms with Crippen LogP contribution in [0.4, 0.5) is 0 Å².